The van der Waals surface area contributed by atoms with Crippen molar-refractivity contribution in [2.24, 2.45) is 11.7 Å². The van der Waals surface area contributed by atoms with E-state index in [-0.39, 0.29) is 11.9 Å². The van der Waals surface area contributed by atoms with E-state index in [4.69, 9.17) is 5.73 Å². The number of carbonyl (C=O) groups excluding carboxylic acids is 1. The Morgan fingerprint density at radius 1 is 1.18 bits per heavy atom. The first-order valence-corrected chi connectivity index (χ1v) is 6.02. The van der Waals surface area contributed by atoms with Crippen LogP contribution < -0.4 is 5.73 Å². The fourth-order valence-corrected chi connectivity index (χ4v) is 2.16. The number of carbonyl (C=O) groups is 1. The van der Waals surface area contributed by atoms with Crippen LogP contribution in [0.5, 0.6) is 0 Å². The van der Waals surface area contributed by atoms with E-state index in [1.165, 1.54) is 0 Å². The zero-order valence-electron chi connectivity index (χ0n) is 11.1. The Morgan fingerprint density at radius 3 is 2.12 bits per heavy atom. The molecule has 2 N–H and O–H groups in total. The summed E-state index contributed by atoms with van der Waals surface area (Å²) in [6.07, 6.45) is 0. The molecule has 1 aromatic carbocycles. The van der Waals surface area contributed by atoms with E-state index in [2.05, 4.69) is 26.0 Å². The lowest BCUT2D eigenvalue weighted by Crippen LogP contribution is -2.43. The smallest absolute Gasteiger partial charge is 0.239 e. The monoisotopic (exact) mass is 234 g/mol. The summed E-state index contributed by atoms with van der Waals surface area (Å²) in [5, 5.41) is 0. The minimum Gasteiger partial charge on any atom is -0.337 e. The van der Waals surface area contributed by atoms with Crippen LogP contribution in [-0.2, 0) is 4.79 Å². The summed E-state index contributed by atoms with van der Waals surface area (Å²) in [5.41, 5.74) is 6.81. The van der Waals surface area contributed by atoms with Gasteiger partial charge in [-0.3, -0.25) is 4.79 Å². The highest BCUT2D eigenvalue weighted by molar-refractivity contribution is 5.81. The van der Waals surface area contributed by atoms with Gasteiger partial charge in [0.1, 0.15) is 0 Å². The third-order valence-corrected chi connectivity index (χ3v) is 2.93. The fraction of sp³-hybridized carbons (Fsp3) is 0.500. The topological polar surface area (TPSA) is 46.3 Å². The predicted molar refractivity (Wildman–Crippen MR) is 70.4 cm³/mol. The molecule has 0 radical (unpaired) electrons. The minimum atomic E-state index is -0.454. The van der Waals surface area contributed by atoms with Gasteiger partial charge in [0, 0.05) is 7.05 Å². The average Bonchev–Trinajstić information content (AvgIpc) is 2.28. The van der Waals surface area contributed by atoms with Crippen LogP contribution in [0, 0.1) is 5.92 Å². The Bertz CT molecular complexity index is 360. The summed E-state index contributed by atoms with van der Waals surface area (Å²) in [6.45, 7) is 5.95. The highest BCUT2D eigenvalue weighted by atomic mass is 16.2. The van der Waals surface area contributed by atoms with Gasteiger partial charge in [-0.15, -0.1) is 0 Å². The molecule has 0 saturated carbocycles. The van der Waals surface area contributed by atoms with Crippen LogP contribution in [-0.4, -0.2) is 23.9 Å². The standard InChI is InChI=1S/C14H22N2O/c1-10(2)13(12-8-6-5-7-9-12)16(4)14(17)11(3)15/h5-11,13H,15H2,1-4H3/t11-,13?/m0/s1. The maximum Gasteiger partial charge on any atom is 0.239 e. The van der Waals surface area contributed by atoms with E-state index < -0.39 is 6.04 Å². The number of amides is 1. The molecule has 2 atom stereocenters. The number of nitrogens with zero attached hydrogens (tertiary/aromatic N) is 1. The molecule has 0 bridgehead atoms. The Balaban J connectivity index is 2.99. The zero-order valence-corrected chi connectivity index (χ0v) is 11.1. The largest absolute Gasteiger partial charge is 0.337 e. The average molecular weight is 234 g/mol. The molecule has 0 aliphatic carbocycles. The molecular weight excluding hydrogens is 212 g/mol. The summed E-state index contributed by atoms with van der Waals surface area (Å²) >= 11 is 0. The van der Waals surface area contributed by atoms with Gasteiger partial charge in [0.2, 0.25) is 5.91 Å². The molecule has 0 saturated heterocycles. The Morgan fingerprint density at radius 2 is 1.71 bits per heavy atom. The van der Waals surface area contributed by atoms with Crippen molar-refractivity contribution < 1.29 is 4.79 Å². The molecule has 0 aromatic heterocycles. The van der Waals surface area contributed by atoms with Gasteiger partial charge in [-0.2, -0.15) is 0 Å². The third-order valence-electron chi connectivity index (χ3n) is 2.93. The van der Waals surface area contributed by atoms with Crippen LogP contribution in [0.1, 0.15) is 32.4 Å². The SMILES string of the molecule is CC(C)C(c1ccccc1)N(C)C(=O)[C@H](C)N. The Kier molecular flexibility index (Phi) is 4.70. The van der Waals surface area contributed by atoms with E-state index in [9.17, 15) is 4.79 Å². The molecule has 1 unspecified atom stereocenters. The quantitative estimate of drug-likeness (QED) is 0.868. The number of hydrogen-bond donors (Lipinski definition) is 1. The van der Waals surface area contributed by atoms with Crippen LogP contribution >= 0.6 is 0 Å². The van der Waals surface area contributed by atoms with Gasteiger partial charge in [0.25, 0.3) is 0 Å². The van der Waals surface area contributed by atoms with Crippen molar-refractivity contribution in [3.63, 3.8) is 0 Å². The maximum atomic E-state index is 12.0. The second-order valence-electron chi connectivity index (χ2n) is 4.84. The van der Waals surface area contributed by atoms with Crippen LogP contribution in [0.25, 0.3) is 0 Å². The van der Waals surface area contributed by atoms with Crippen LogP contribution in [0.15, 0.2) is 30.3 Å². The highest BCUT2D eigenvalue weighted by Gasteiger charge is 2.25. The first-order valence-electron chi connectivity index (χ1n) is 6.02. The van der Waals surface area contributed by atoms with E-state index in [0.717, 1.165) is 5.56 Å². The molecule has 3 nitrogen and oxygen atoms in total. The van der Waals surface area contributed by atoms with Gasteiger partial charge >= 0.3 is 0 Å². The molecule has 0 fully saturated rings. The van der Waals surface area contributed by atoms with Crippen molar-refractivity contribution in [2.45, 2.75) is 32.9 Å². The number of nitrogens with two attached hydrogens (primary N) is 1. The maximum absolute atomic E-state index is 12.0. The van der Waals surface area contributed by atoms with Crippen molar-refractivity contribution in [1.29, 1.82) is 0 Å². The molecule has 0 aliphatic heterocycles. The molecule has 3 heteroatoms. The van der Waals surface area contributed by atoms with Crippen LogP contribution in [0.4, 0.5) is 0 Å². The summed E-state index contributed by atoms with van der Waals surface area (Å²) in [6, 6.07) is 9.70. The second-order valence-corrected chi connectivity index (χ2v) is 4.84. The molecule has 0 aliphatic rings. The molecule has 1 aromatic rings. The van der Waals surface area contributed by atoms with Gasteiger partial charge in [0.15, 0.2) is 0 Å². The summed E-state index contributed by atoms with van der Waals surface area (Å²) < 4.78 is 0. The number of rotatable bonds is 4. The van der Waals surface area contributed by atoms with E-state index >= 15 is 0 Å². The van der Waals surface area contributed by atoms with E-state index in [1.807, 2.05) is 25.2 Å². The van der Waals surface area contributed by atoms with Crippen molar-refractivity contribution >= 4 is 5.91 Å². The molecule has 0 spiro atoms. The normalized spacial score (nSPS) is 14.5. The van der Waals surface area contributed by atoms with Gasteiger partial charge in [-0.05, 0) is 18.4 Å². The minimum absolute atomic E-state index is 0.0208. The van der Waals surface area contributed by atoms with Gasteiger partial charge in [-0.25, -0.2) is 0 Å². The van der Waals surface area contributed by atoms with E-state index in [0.29, 0.717) is 5.92 Å². The Labute approximate surface area is 104 Å². The summed E-state index contributed by atoms with van der Waals surface area (Å²) in [5.74, 6) is 0.331. The lowest BCUT2D eigenvalue weighted by Gasteiger charge is -2.32. The molecular formula is C14H22N2O. The lowest BCUT2D eigenvalue weighted by molar-refractivity contribution is -0.134. The van der Waals surface area contributed by atoms with Crippen molar-refractivity contribution in [1.82, 2.24) is 4.90 Å². The van der Waals surface area contributed by atoms with Crippen LogP contribution in [0.3, 0.4) is 0 Å². The molecule has 1 amide bonds. The van der Waals surface area contributed by atoms with Crippen molar-refractivity contribution in [2.75, 3.05) is 7.05 Å². The molecule has 0 heterocycles. The molecule has 94 valence electrons. The molecule has 1 rings (SSSR count). The van der Waals surface area contributed by atoms with Crippen molar-refractivity contribution in [3.05, 3.63) is 35.9 Å². The van der Waals surface area contributed by atoms with Crippen LogP contribution in [0.2, 0.25) is 0 Å². The molecule has 17 heavy (non-hydrogen) atoms. The second kappa shape index (κ2) is 5.82. The first kappa shape index (κ1) is 13.7. The van der Waals surface area contributed by atoms with E-state index in [1.54, 1.807) is 11.8 Å². The Hall–Kier alpha value is -1.35. The number of benzene rings is 1. The van der Waals surface area contributed by atoms with Gasteiger partial charge in [-0.1, -0.05) is 44.2 Å². The fourth-order valence-electron chi connectivity index (χ4n) is 2.16. The first-order chi connectivity index (χ1) is 7.95. The summed E-state index contributed by atoms with van der Waals surface area (Å²) in [4.78, 5) is 13.7. The van der Waals surface area contributed by atoms with Crippen molar-refractivity contribution in [3.8, 4) is 0 Å². The lowest BCUT2D eigenvalue weighted by atomic mass is 9.94. The number of likely N-dealkylation sites (N-methyl/N-ethyl adjacent to an activating group) is 1. The van der Waals surface area contributed by atoms with Gasteiger partial charge in [0.05, 0.1) is 12.1 Å². The van der Waals surface area contributed by atoms with Gasteiger partial charge < -0.3 is 10.6 Å². The highest BCUT2D eigenvalue weighted by Crippen LogP contribution is 2.27. The number of hydrogen-bond acceptors (Lipinski definition) is 2. The zero-order chi connectivity index (χ0) is 13.0. The summed E-state index contributed by atoms with van der Waals surface area (Å²) in [7, 11) is 1.82. The predicted octanol–water partition coefficient (Wildman–Crippen LogP) is 2.19. The third kappa shape index (κ3) is 3.30.